The molecule has 1 saturated heterocycles. The number of hydrogen-bond donors (Lipinski definition) is 2. The van der Waals surface area contributed by atoms with Crippen LogP contribution in [-0.4, -0.2) is 44.3 Å². The molecule has 202 valence electrons. The molecule has 0 bridgehead atoms. The highest BCUT2D eigenvalue weighted by atomic mass is 16.2. The smallest absolute Gasteiger partial charge is 0.250 e. The SMILES string of the molecule is C=C(C)C(=O)Nc1ccc(-c2c(C3=CC[C@H](C(=O)N4CCC5(CCC5)C4)CC3)c3c(N)ncnc3n2C)cc1. The van der Waals surface area contributed by atoms with E-state index >= 15 is 0 Å². The van der Waals surface area contributed by atoms with E-state index in [1.807, 2.05) is 31.3 Å². The van der Waals surface area contributed by atoms with Gasteiger partial charge in [0.2, 0.25) is 5.91 Å². The van der Waals surface area contributed by atoms with Crippen LogP contribution in [0.15, 0.2) is 48.8 Å². The molecule has 1 aliphatic heterocycles. The van der Waals surface area contributed by atoms with E-state index in [0.29, 0.717) is 28.4 Å². The molecule has 2 aromatic heterocycles. The quantitative estimate of drug-likeness (QED) is 0.440. The standard InChI is InChI=1S/C31H36N6O2/c1-19(2)29(38)35-23-11-9-21(10-12-23)26-24(25-27(32)33-18-34-28(25)36(26)3)20-5-7-22(8-6-20)30(39)37-16-15-31(17-37)13-4-14-31/h5,9-12,18,22H,1,4,6-8,13-17H2,2-3H3,(H,35,38)(H2,32,33,34)/t22-/m0/s1. The highest BCUT2D eigenvalue weighted by Gasteiger charge is 2.45. The molecule has 3 aliphatic rings. The number of nitrogens with zero attached hydrogens (tertiary/aromatic N) is 4. The maximum atomic E-state index is 13.4. The molecule has 8 nitrogen and oxygen atoms in total. The molecule has 8 heteroatoms. The van der Waals surface area contributed by atoms with Crippen LogP contribution in [0.3, 0.4) is 0 Å². The second-order valence-corrected chi connectivity index (χ2v) is 11.6. The molecule has 1 atom stereocenters. The fourth-order valence-corrected chi connectivity index (χ4v) is 6.63. The summed E-state index contributed by atoms with van der Waals surface area (Å²) in [6.07, 6.45) is 11.1. The molecule has 2 aliphatic carbocycles. The van der Waals surface area contributed by atoms with Crippen LogP contribution < -0.4 is 11.1 Å². The van der Waals surface area contributed by atoms with E-state index in [0.717, 1.165) is 60.2 Å². The fourth-order valence-electron chi connectivity index (χ4n) is 6.63. The molecule has 2 amide bonds. The first-order valence-electron chi connectivity index (χ1n) is 13.9. The second kappa shape index (κ2) is 9.67. The number of nitrogens with one attached hydrogen (secondary N) is 1. The Morgan fingerprint density at radius 2 is 1.92 bits per heavy atom. The molecular formula is C31H36N6O2. The number of allylic oxidation sites excluding steroid dienone is 2. The number of fused-ring (bicyclic) bond motifs is 1. The first-order valence-corrected chi connectivity index (χ1v) is 13.9. The monoisotopic (exact) mass is 524 g/mol. The van der Waals surface area contributed by atoms with Crippen molar-refractivity contribution in [1.29, 1.82) is 0 Å². The molecule has 2 fully saturated rings. The minimum atomic E-state index is -0.204. The van der Waals surface area contributed by atoms with Crippen LogP contribution in [0.4, 0.5) is 11.5 Å². The Bertz CT molecular complexity index is 1510. The number of rotatable bonds is 5. The maximum Gasteiger partial charge on any atom is 0.250 e. The Kier molecular flexibility index (Phi) is 6.28. The molecule has 3 aromatic rings. The van der Waals surface area contributed by atoms with E-state index in [1.54, 1.807) is 6.92 Å². The third-order valence-corrected chi connectivity index (χ3v) is 9.05. The lowest BCUT2D eigenvalue weighted by molar-refractivity contribution is -0.135. The van der Waals surface area contributed by atoms with Gasteiger partial charge in [-0.2, -0.15) is 0 Å². The molecular weight excluding hydrogens is 488 g/mol. The summed E-state index contributed by atoms with van der Waals surface area (Å²) < 4.78 is 2.06. The summed E-state index contributed by atoms with van der Waals surface area (Å²) in [6.45, 7) is 7.25. The predicted octanol–water partition coefficient (Wildman–Crippen LogP) is 5.32. The van der Waals surface area contributed by atoms with Crippen molar-refractivity contribution in [3.63, 3.8) is 0 Å². The van der Waals surface area contributed by atoms with E-state index in [4.69, 9.17) is 5.73 Å². The van der Waals surface area contributed by atoms with E-state index < -0.39 is 0 Å². The Balaban J connectivity index is 1.31. The molecule has 0 radical (unpaired) electrons. The Labute approximate surface area is 229 Å². The highest BCUT2D eigenvalue weighted by molar-refractivity contribution is 6.05. The summed E-state index contributed by atoms with van der Waals surface area (Å²) in [7, 11) is 1.99. The Morgan fingerprint density at radius 3 is 2.54 bits per heavy atom. The van der Waals surface area contributed by atoms with Crippen LogP contribution in [0, 0.1) is 11.3 Å². The summed E-state index contributed by atoms with van der Waals surface area (Å²) in [5.74, 6) is 0.600. The van der Waals surface area contributed by atoms with Gasteiger partial charge in [0.15, 0.2) is 0 Å². The number of amides is 2. The maximum absolute atomic E-state index is 13.4. The summed E-state index contributed by atoms with van der Waals surface area (Å²) in [6, 6.07) is 7.77. The van der Waals surface area contributed by atoms with E-state index in [9.17, 15) is 9.59 Å². The lowest BCUT2D eigenvalue weighted by Crippen LogP contribution is -2.39. The van der Waals surface area contributed by atoms with Gasteiger partial charge in [-0.05, 0) is 74.1 Å². The average molecular weight is 525 g/mol. The summed E-state index contributed by atoms with van der Waals surface area (Å²) in [4.78, 5) is 36.5. The predicted molar refractivity (Wildman–Crippen MR) is 155 cm³/mol. The van der Waals surface area contributed by atoms with Crippen LogP contribution in [0.1, 0.15) is 57.4 Å². The van der Waals surface area contributed by atoms with Crippen LogP contribution in [0.5, 0.6) is 0 Å². The lowest BCUT2D eigenvalue weighted by atomic mass is 9.68. The van der Waals surface area contributed by atoms with Gasteiger partial charge in [0.25, 0.3) is 5.91 Å². The van der Waals surface area contributed by atoms with Crippen molar-refractivity contribution in [3.8, 4) is 11.3 Å². The van der Waals surface area contributed by atoms with Crippen LogP contribution in [0.25, 0.3) is 27.9 Å². The topological polar surface area (TPSA) is 106 Å². The number of aromatic nitrogens is 3. The molecule has 1 saturated carbocycles. The summed E-state index contributed by atoms with van der Waals surface area (Å²) in [5, 5.41) is 3.71. The van der Waals surface area contributed by atoms with Crippen LogP contribution in [-0.2, 0) is 16.6 Å². The van der Waals surface area contributed by atoms with Gasteiger partial charge in [-0.3, -0.25) is 9.59 Å². The van der Waals surface area contributed by atoms with Gasteiger partial charge in [-0.1, -0.05) is 31.2 Å². The van der Waals surface area contributed by atoms with Crippen molar-refractivity contribution < 1.29 is 9.59 Å². The number of benzene rings is 1. The number of hydrogen-bond acceptors (Lipinski definition) is 5. The molecule has 1 spiro atoms. The summed E-state index contributed by atoms with van der Waals surface area (Å²) >= 11 is 0. The number of aryl methyl sites for hydroxylation is 1. The number of nitrogen functional groups attached to an aromatic ring is 1. The van der Waals surface area contributed by atoms with Crippen molar-refractivity contribution >= 4 is 39.9 Å². The van der Waals surface area contributed by atoms with Gasteiger partial charge in [0, 0.05) is 42.9 Å². The van der Waals surface area contributed by atoms with Gasteiger partial charge >= 0.3 is 0 Å². The largest absolute Gasteiger partial charge is 0.383 e. The zero-order chi connectivity index (χ0) is 27.3. The van der Waals surface area contributed by atoms with Crippen molar-refractivity contribution in [2.75, 3.05) is 24.1 Å². The molecule has 3 N–H and O–H groups in total. The normalized spacial score (nSPS) is 20.1. The zero-order valence-corrected chi connectivity index (χ0v) is 22.8. The number of anilines is 2. The van der Waals surface area contributed by atoms with Crippen molar-refractivity contribution in [2.45, 2.75) is 51.9 Å². The third kappa shape index (κ3) is 4.41. The second-order valence-electron chi connectivity index (χ2n) is 11.6. The van der Waals surface area contributed by atoms with Gasteiger partial charge in [-0.15, -0.1) is 0 Å². The Morgan fingerprint density at radius 1 is 1.15 bits per heavy atom. The van der Waals surface area contributed by atoms with Gasteiger partial charge in [-0.25, -0.2) is 9.97 Å². The Hall–Kier alpha value is -3.94. The molecule has 0 unspecified atom stereocenters. The highest BCUT2D eigenvalue weighted by Crippen LogP contribution is 2.49. The van der Waals surface area contributed by atoms with E-state index in [1.165, 1.54) is 37.6 Å². The minimum absolute atomic E-state index is 0.0345. The van der Waals surface area contributed by atoms with E-state index in [2.05, 4.69) is 37.4 Å². The average Bonchev–Trinajstić information content (AvgIpc) is 3.50. The van der Waals surface area contributed by atoms with Crippen molar-refractivity contribution in [2.24, 2.45) is 18.4 Å². The van der Waals surface area contributed by atoms with Gasteiger partial charge in [0.1, 0.15) is 17.8 Å². The van der Waals surface area contributed by atoms with Crippen molar-refractivity contribution in [1.82, 2.24) is 19.4 Å². The lowest BCUT2D eigenvalue weighted by Gasteiger charge is -2.38. The third-order valence-electron chi connectivity index (χ3n) is 9.05. The van der Waals surface area contributed by atoms with Crippen LogP contribution >= 0.6 is 0 Å². The molecule has 1 aromatic carbocycles. The molecule has 6 rings (SSSR count). The number of carbonyl (C=O) groups is 2. The number of carbonyl (C=O) groups excluding carboxylic acids is 2. The van der Waals surface area contributed by atoms with Crippen molar-refractivity contribution in [3.05, 3.63) is 54.4 Å². The number of nitrogens with two attached hydrogens (primary N) is 1. The first-order chi connectivity index (χ1) is 18.8. The zero-order valence-electron chi connectivity index (χ0n) is 22.8. The van der Waals surface area contributed by atoms with Gasteiger partial charge < -0.3 is 20.5 Å². The molecule has 3 heterocycles. The van der Waals surface area contributed by atoms with Gasteiger partial charge in [0.05, 0.1) is 11.1 Å². The first kappa shape index (κ1) is 25.3. The molecule has 39 heavy (non-hydrogen) atoms. The number of likely N-dealkylation sites (tertiary alicyclic amines) is 1. The summed E-state index contributed by atoms with van der Waals surface area (Å²) in [5.41, 5.74) is 13.0. The fraction of sp³-hybridized carbons (Fsp3) is 0.419. The van der Waals surface area contributed by atoms with E-state index in [-0.39, 0.29) is 11.8 Å². The van der Waals surface area contributed by atoms with Crippen LogP contribution in [0.2, 0.25) is 0 Å². The minimum Gasteiger partial charge on any atom is -0.383 e.